The molecule has 1 saturated carbocycles. The van der Waals surface area contributed by atoms with Crippen LogP contribution in [0.5, 0.6) is 11.5 Å². The highest BCUT2D eigenvalue weighted by atomic mass is 16.6. The summed E-state index contributed by atoms with van der Waals surface area (Å²) in [7, 11) is 0. The molecule has 2 atom stereocenters. The van der Waals surface area contributed by atoms with Crippen molar-refractivity contribution in [3.8, 4) is 22.6 Å². The zero-order valence-corrected chi connectivity index (χ0v) is 20.2. The lowest BCUT2D eigenvalue weighted by Gasteiger charge is -2.32. The molecule has 2 aromatic carbocycles. The lowest BCUT2D eigenvalue weighted by Crippen LogP contribution is -2.39. The second-order valence-corrected chi connectivity index (χ2v) is 10.3. The Bertz CT molecular complexity index is 1020. The van der Waals surface area contributed by atoms with Gasteiger partial charge in [0, 0.05) is 28.0 Å². The van der Waals surface area contributed by atoms with E-state index in [1.165, 1.54) is 0 Å². The number of hydrogen-bond acceptors (Lipinski definition) is 5. The van der Waals surface area contributed by atoms with Crippen LogP contribution in [0.3, 0.4) is 0 Å². The Hall–Kier alpha value is -2.37. The second-order valence-electron chi connectivity index (χ2n) is 10.3. The molecule has 0 heterocycles. The molecule has 5 nitrogen and oxygen atoms in total. The number of aromatic hydroxyl groups is 1. The molecule has 2 aromatic rings. The molecular weight excluding hydrogens is 416 g/mol. The summed E-state index contributed by atoms with van der Waals surface area (Å²) in [6, 6.07) is 9.49. The van der Waals surface area contributed by atoms with Crippen LogP contribution in [-0.2, 0) is 17.6 Å². The molecule has 0 saturated heterocycles. The third kappa shape index (κ3) is 4.80. The molecule has 2 aliphatic rings. The quantitative estimate of drug-likeness (QED) is 0.504. The molecule has 0 spiro atoms. The maximum Gasteiger partial charge on any atom is 0.166 e. The number of aliphatic hydroxyl groups excluding tert-OH is 1. The van der Waals surface area contributed by atoms with Crippen molar-refractivity contribution in [2.24, 2.45) is 11.3 Å². The van der Waals surface area contributed by atoms with Crippen LogP contribution in [0.1, 0.15) is 74.9 Å². The summed E-state index contributed by atoms with van der Waals surface area (Å²) in [5.74, 6) is 1.03. The largest absolute Gasteiger partial charge is 0.508 e. The Labute approximate surface area is 196 Å². The number of phenolic OH excluding ortho intramolecular Hbond substituents is 1. The first-order valence-electron chi connectivity index (χ1n) is 12.2. The maximum absolute atomic E-state index is 12.4. The van der Waals surface area contributed by atoms with Gasteiger partial charge in [0.25, 0.3) is 0 Å². The maximum atomic E-state index is 12.4. The van der Waals surface area contributed by atoms with Crippen molar-refractivity contribution in [3.05, 3.63) is 47.0 Å². The predicted molar refractivity (Wildman–Crippen MR) is 129 cm³/mol. The number of benzene rings is 2. The van der Waals surface area contributed by atoms with Gasteiger partial charge in [0.05, 0.1) is 12.7 Å². The number of phenols is 1. The van der Waals surface area contributed by atoms with Crippen LogP contribution in [0, 0.1) is 11.3 Å². The van der Waals surface area contributed by atoms with E-state index in [2.05, 4.69) is 6.07 Å². The summed E-state index contributed by atoms with van der Waals surface area (Å²) in [6.45, 7) is 8.06. The van der Waals surface area contributed by atoms with Gasteiger partial charge in [-0.2, -0.15) is 0 Å². The summed E-state index contributed by atoms with van der Waals surface area (Å²) >= 11 is 0. The monoisotopic (exact) mass is 452 g/mol. The first-order valence-corrected chi connectivity index (χ1v) is 12.2. The number of ketones is 1. The van der Waals surface area contributed by atoms with Gasteiger partial charge in [0.2, 0.25) is 0 Å². The van der Waals surface area contributed by atoms with E-state index in [4.69, 9.17) is 9.47 Å². The van der Waals surface area contributed by atoms with E-state index >= 15 is 0 Å². The summed E-state index contributed by atoms with van der Waals surface area (Å²) < 4.78 is 12.3. The lowest BCUT2D eigenvalue weighted by atomic mass is 9.93. The molecule has 0 bridgehead atoms. The minimum atomic E-state index is -0.932. The highest BCUT2D eigenvalue weighted by molar-refractivity contribution is 6.02. The molecule has 0 radical (unpaired) electrons. The van der Waals surface area contributed by atoms with Gasteiger partial charge in [-0.05, 0) is 48.9 Å². The van der Waals surface area contributed by atoms with Gasteiger partial charge in [-0.25, -0.2) is 0 Å². The van der Waals surface area contributed by atoms with Gasteiger partial charge in [-0.3, -0.25) is 4.79 Å². The summed E-state index contributed by atoms with van der Waals surface area (Å²) in [4.78, 5) is 12.4. The van der Waals surface area contributed by atoms with E-state index in [0.717, 1.165) is 59.9 Å². The van der Waals surface area contributed by atoms with Crippen molar-refractivity contribution in [2.45, 2.75) is 78.6 Å². The fourth-order valence-electron chi connectivity index (χ4n) is 4.93. The number of aliphatic hydroxyl groups is 1. The molecular formula is C28H36O5. The number of hydrogen-bond donors (Lipinski definition) is 2. The fraction of sp³-hybridized carbons (Fsp3) is 0.536. The van der Waals surface area contributed by atoms with Gasteiger partial charge in [-0.15, -0.1) is 0 Å². The minimum Gasteiger partial charge on any atom is -0.508 e. The zero-order chi connectivity index (χ0) is 23.8. The van der Waals surface area contributed by atoms with Crippen LogP contribution in [0.15, 0.2) is 30.3 Å². The molecule has 4 rings (SSSR count). The third-order valence-corrected chi connectivity index (χ3v) is 7.13. The standard InChI is InChI=1S/C28H36O5/c1-5-21-24(29)13-12-23(18-10-11-22-19(15-18)14-17(2)25(22)30)26(21)32-16-28(3,4)27(31)33-20-8-6-7-9-20/h10-13,15,17,20,27,29,31H,5-9,14,16H2,1-4H3. The van der Waals surface area contributed by atoms with Gasteiger partial charge in [0.1, 0.15) is 11.5 Å². The number of rotatable bonds is 8. The van der Waals surface area contributed by atoms with Crippen molar-refractivity contribution in [3.63, 3.8) is 0 Å². The summed E-state index contributed by atoms with van der Waals surface area (Å²) in [5, 5.41) is 21.3. The normalized spacial score (nSPS) is 19.7. The van der Waals surface area contributed by atoms with E-state index in [0.29, 0.717) is 12.2 Å². The van der Waals surface area contributed by atoms with Crippen LogP contribution in [0.4, 0.5) is 0 Å². The Balaban J connectivity index is 1.61. The van der Waals surface area contributed by atoms with E-state index in [1.54, 1.807) is 6.07 Å². The van der Waals surface area contributed by atoms with Crippen molar-refractivity contribution in [2.75, 3.05) is 6.61 Å². The van der Waals surface area contributed by atoms with Gasteiger partial charge in [0.15, 0.2) is 12.1 Å². The molecule has 178 valence electrons. The van der Waals surface area contributed by atoms with E-state index in [1.807, 2.05) is 45.9 Å². The Morgan fingerprint density at radius 3 is 2.52 bits per heavy atom. The van der Waals surface area contributed by atoms with E-state index in [-0.39, 0.29) is 30.2 Å². The second kappa shape index (κ2) is 9.47. The zero-order valence-electron chi connectivity index (χ0n) is 20.2. The number of carbonyl (C=O) groups excluding carboxylic acids is 1. The van der Waals surface area contributed by atoms with Crippen LogP contribution in [0.25, 0.3) is 11.1 Å². The van der Waals surface area contributed by atoms with Crippen molar-refractivity contribution < 1.29 is 24.5 Å². The molecule has 2 unspecified atom stereocenters. The van der Waals surface area contributed by atoms with Crippen molar-refractivity contribution >= 4 is 5.78 Å². The van der Waals surface area contributed by atoms with Crippen LogP contribution >= 0.6 is 0 Å². The van der Waals surface area contributed by atoms with Crippen molar-refractivity contribution in [1.82, 2.24) is 0 Å². The van der Waals surface area contributed by atoms with Gasteiger partial charge < -0.3 is 19.7 Å². The van der Waals surface area contributed by atoms with Crippen LogP contribution in [-0.4, -0.2) is 35.0 Å². The van der Waals surface area contributed by atoms with E-state index < -0.39 is 11.7 Å². The number of carbonyl (C=O) groups is 1. The predicted octanol–water partition coefficient (Wildman–Crippen LogP) is 5.68. The summed E-state index contributed by atoms with van der Waals surface area (Å²) in [5.41, 5.74) is 3.80. The molecule has 0 aliphatic heterocycles. The first-order chi connectivity index (χ1) is 15.7. The highest BCUT2D eigenvalue weighted by Gasteiger charge is 2.34. The Kier molecular flexibility index (Phi) is 6.83. The fourth-order valence-corrected chi connectivity index (χ4v) is 4.93. The average molecular weight is 453 g/mol. The molecule has 2 aliphatic carbocycles. The average Bonchev–Trinajstić information content (AvgIpc) is 3.39. The summed E-state index contributed by atoms with van der Waals surface area (Å²) in [6.07, 6.45) is 4.80. The van der Waals surface area contributed by atoms with Crippen molar-refractivity contribution in [1.29, 1.82) is 0 Å². The molecule has 2 N–H and O–H groups in total. The Morgan fingerprint density at radius 2 is 1.82 bits per heavy atom. The van der Waals surface area contributed by atoms with E-state index in [9.17, 15) is 15.0 Å². The molecule has 0 amide bonds. The van der Waals surface area contributed by atoms with Gasteiger partial charge >= 0.3 is 0 Å². The van der Waals surface area contributed by atoms with Crippen LogP contribution < -0.4 is 4.74 Å². The number of Topliss-reactive ketones (excluding diaryl/α,β-unsaturated/α-hetero) is 1. The molecule has 0 aromatic heterocycles. The number of ether oxygens (including phenoxy) is 2. The molecule has 5 heteroatoms. The SMILES string of the molecule is CCc1c(O)ccc(-c2ccc3c(c2)CC(C)C3=O)c1OCC(C)(C)C(O)OC1CCCC1. The Morgan fingerprint density at radius 1 is 1.12 bits per heavy atom. The first kappa shape index (κ1) is 23.8. The minimum absolute atomic E-state index is 0.0131. The van der Waals surface area contributed by atoms with Crippen LogP contribution in [0.2, 0.25) is 0 Å². The molecule has 33 heavy (non-hydrogen) atoms. The topological polar surface area (TPSA) is 76.0 Å². The third-order valence-electron chi connectivity index (χ3n) is 7.13. The smallest absolute Gasteiger partial charge is 0.166 e. The highest BCUT2D eigenvalue weighted by Crippen LogP contribution is 2.41. The molecule has 1 fully saturated rings. The van der Waals surface area contributed by atoms with Gasteiger partial charge in [-0.1, -0.05) is 58.7 Å². The number of fused-ring (bicyclic) bond motifs is 1. The lowest BCUT2D eigenvalue weighted by molar-refractivity contribution is -0.197.